The van der Waals surface area contributed by atoms with Gasteiger partial charge in [-0.2, -0.15) is 4.31 Å². The van der Waals surface area contributed by atoms with Gasteiger partial charge in [0.2, 0.25) is 10.0 Å². The molecule has 7 heteroatoms. The molecule has 0 fully saturated rings. The highest BCUT2D eigenvalue weighted by Crippen LogP contribution is 2.33. The largest absolute Gasteiger partial charge is 0.495 e. The molecular formula is C18H24N2O4S. The van der Waals surface area contributed by atoms with Crippen LogP contribution in [0.5, 0.6) is 5.75 Å². The number of aromatic nitrogens is 1. The Morgan fingerprint density at radius 1 is 1.24 bits per heavy atom. The molecule has 1 aliphatic rings. The average molecular weight is 364 g/mol. The SMILES string of the molecule is COc1cc(C)c(C)cc1S(=O)(=O)N1CCc2oc(C(C)C)nc2C1. The summed E-state index contributed by atoms with van der Waals surface area (Å²) in [7, 11) is -2.18. The Morgan fingerprint density at radius 3 is 2.56 bits per heavy atom. The molecule has 0 spiro atoms. The first-order chi connectivity index (χ1) is 11.7. The van der Waals surface area contributed by atoms with Crippen LogP contribution in [0.3, 0.4) is 0 Å². The van der Waals surface area contributed by atoms with Gasteiger partial charge in [0.1, 0.15) is 16.4 Å². The number of aryl methyl sites for hydroxylation is 2. The van der Waals surface area contributed by atoms with E-state index in [9.17, 15) is 8.42 Å². The first-order valence-corrected chi connectivity index (χ1v) is 9.82. The summed E-state index contributed by atoms with van der Waals surface area (Å²) in [4.78, 5) is 4.68. The Balaban J connectivity index is 1.97. The van der Waals surface area contributed by atoms with Crippen molar-refractivity contribution in [3.05, 3.63) is 40.6 Å². The van der Waals surface area contributed by atoms with Gasteiger partial charge in [0, 0.05) is 18.9 Å². The van der Waals surface area contributed by atoms with Crippen LogP contribution in [0, 0.1) is 13.8 Å². The fourth-order valence-electron chi connectivity index (χ4n) is 2.91. The summed E-state index contributed by atoms with van der Waals surface area (Å²) in [6, 6.07) is 3.45. The first kappa shape index (κ1) is 17.9. The molecule has 25 heavy (non-hydrogen) atoms. The normalized spacial score (nSPS) is 15.4. The lowest BCUT2D eigenvalue weighted by atomic mass is 10.1. The lowest BCUT2D eigenvalue weighted by Gasteiger charge is -2.25. The maximum absolute atomic E-state index is 13.2. The summed E-state index contributed by atoms with van der Waals surface area (Å²) >= 11 is 0. The van der Waals surface area contributed by atoms with Crippen molar-refractivity contribution in [3.63, 3.8) is 0 Å². The van der Waals surface area contributed by atoms with E-state index in [1.165, 1.54) is 11.4 Å². The van der Waals surface area contributed by atoms with Crippen LogP contribution in [0.15, 0.2) is 21.4 Å². The molecule has 0 N–H and O–H groups in total. The van der Waals surface area contributed by atoms with Crippen molar-refractivity contribution in [1.82, 2.24) is 9.29 Å². The number of hydrogen-bond donors (Lipinski definition) is 0. The first-order valence-electron chi connectivity index (χ1n) is 8.38. The number of hydrogen-bond acceptors (Lipinski definition) is 5. The van der Waals surface area contributed by atoms with Gasteiger partial charge in [0.05, 0.1) is 19.3 Å². The molecule has 0 saturated carbocycles. The van der Waals surface area contributed by atoms with Crippen LogP contribution >= 0.6 is 0 Å². The van der Waals surface area contributed by atoms with E-state index in [1.807, 2.05) is 27.7 Å². The highest BCUT2D eigenvalue weighted by Gasteiger charge is 2.33. The highest BCUT2D eigenvalue weighted by atomic mass is 32.2. The van der Waals surface area contributed by atoms with Gasteiger partial charge in [0.25, 0.3) is 0 Å². The van der Waals surface area contributed by atoms with Gasteiger partial charge in [-0.25, -0.2) is 13.4 Å². The van der Waals surface area contributed by atoms with Crippen LogP contribution in [0.4, 0.5) is 0 Å². The second kappa shape index (κ2) is 6.46. The molecule has 136 valence electrons. The van der Waals surface area contributed by atoms with Gasteiger partial charge in [-0.1, -0.05) is 13.8 Å². The van der Waals surface area contributed by atoms with Crippen molar-refractivity contribution < 1.29 is 17.6 Å². The smallest absolute Gasteiger partial charge is 0.247 e. The third-order valence-electron chi connectivity index (χ3n) is 4.60. The topological polar surface area (TPSA) is 72.6 Å². The van der Waals surface area contributed by atoms with Gasteiger partial charge in [-0.3, -0.25) is 0 Å². The van der Waals surface area contributed by atoms with E-state index in [0.717, 1.165) is 16.9 Å². The molecule has 2 heterocycles. The summed E-state index contributed by atoms with van der Waals surface area (Å²) in [6.45, 7) is 8.44. The molecule has 0 bridgehead atoms. The maximum atomic E-state index is 13.2. The van der Waals surface area contributed by atoms with Crippen molar-refractivity contribution in [2.45, 2.75) is 51.5 Å². The Kier molecular flexibility index (Phi) is 4.64. The fraction of sp³-hybridized carbons (Fsp3) is 0.500. The minimum Gasteiger partial charge on any atom is -0.495 e. The van der Waals surface area contributed by atoms with E-state index >= 15 is 0 Å². The van der Waals surface area contributed by atoms with Crippen LogP contribution in [0.2, 0.25) is 0 Å². The predicted molar refractivity (Wildman–Crippen MR) is 94.4 cm³/mol. The third-order valence-corrected chi connectivity index (χ3v) is 6.47. The summed E-state index contributed by atoms with van der Waals surface area (Å²) < 4.78 is 38.9. The van der Waals surface area contributed by atoms with Crippen LogP contribution in [-0.2, 0) is 23.0 Å². The molecule has 0 atom stereocenters. The van der Waals surface area contributed by atoms with Gasteiger partial charge in [-0.05, 0) is 37.1 Å². The molecule has 0 aliphatic carbocycles. The van der Waals surface area contributed by atoms with Gasteiger partial charge in [0.15, 0.2) is 5.89 Å². The quantitative estimate of drug-likeness (QED) is 0.833. The van der Waals surface area contributed by atoms with Crippen LogP contribution in [0.25, 0.3) is 0 Å². The number of methoxy groups -OCH3 is 1. The fourth-order valence-corrected chi connectivity index (χ4v) is 4.53. The minimum atomic E-state index is -3.67. The molecular weight excluding hydrogens is 340 g/mol. The van der Waals surface area contributed by atoms with Gasteiger partial charge >= 0.3 is 0 Å². The van der Waals surface area contributed by atoms with Crippen molar-refractivity contribution >= 4 is 10.0 Å². The van der Waals surface area contributed by atoms with Crippen LogP contribution in [0.1, 0.15) is 48.2 Å². The van der Waals surface area contributed by atoms with E-state index in [4.69, 9.17) is 9.15 Å². The van der Waals surface area contributed by atoms with Crippen molar-refractivity contribution in [1.29, 1.82) is 0 Å². The monoisotopic (exact) mass is 364 g/mol. The zero-order chi connectivity index (χ0) is 18.4. The number of benzene rings is 1. The lowest BCUT2D eigenvalue weighted by Crippen LogP contribution is -2.36. The molecule has 0 unspecified atom stereocenters. The van der Waals surface area contributed by atoms with E-state index in [2.05, 4.69) is 4.98 Å². The second-order valence-corrected chi connectivity index (χ2v) is 8.66. The van der Waals surface area contributed by atoms with Crippen molar-refractivity contribution in [2.75, 3.05) is 13.7 Å². The Hall–Kier alpha value is -1.86. The van der Waals surface area contributed by atoms with E-state index in [0.29, 0.717) is 30.3 Å². The highest BCUT2D eigenvalue weighted by molar-refractivity contribution is 7.89. The summed E-state index contributed by atoms with van der Waals surface area (Å²) in [5, 5.41) is 0. The molecule has 1 aromatic heterocycles. The Morgan fingerprint density at radius 2 is 1.92 bits per heavy atom. The number of nitrogens with zero attached hydrogens (tertiary/aromatic N) is 2. The number of rotatable bonds is 4. The molecule has 2 aromatic rings. The summed E-state index contributed by atoms with van der Waals surface area (Å²) in [5.41, 5.74) is 2.62. The molecule has 0 radical (unpaired) electrons. The standard InChI is InChI=1S/C18H24N2O4S/c1-11(2)18-19-14-10-20(7-6-15(14)24-18)25(21,22)17-9-13(4)12(3)8-16(17)23-5/h8-9,11H,6-7,10H2,1-5H3. The van der Waals surface area contributed by atoms with Crippen LogP contribution < -0.4 is 4.74 Å². The molecule has 1 aromatic carbocycles. The van der Waals surface area contributed by atoms with Gasteiger partial charge in [-0.15, -0.1) is 0 Å². The van der Waals surface area contributed by atoms with Gasteiger partial charge < -0.3 is 9.15 Å². The molecule has 0 saturated heterocycles. The Labute approximate surface area is 148 Å². The summed E-state index contributed by atoms with van der Waals surface area (Å²) in [6.07, 6.45) is 0.529. The minimum absolute atomic E-state index is 0.176. The molecule has 0 amide bonds. The Bertz CT molecular complexity index is 900. The second-order valence-electron chi connectivity index (χ2n) is 6.75. The zero-order valence-electron chi connectivity index (χ0n) is 15.3. The summed E-state index contributed by atoms with van der Waals surface area (Å²) in [5.74, 6) is 2.00. The number of fused-ring (bicyclic) bond motifs is 1. The average Bonchev–Trinajstić information content (AvgIpc) is 3.00. The van der Waals surface area contributed by atoms with E-state index < -0.39 is 10.0 Å². The molecule has 6 nitrogen and oxygen atoms in total. The maximum Gasteiger partial charge on any atom is 0.247 e. The third kappa shape index (κ3) is 3.18. The van der Waals surface area contributed by atoms with Crippen molar-refractivity contribution in [2.24, 2.45) is 0 Å². The lowest BCUT2D eigenvalue weighted by molar-refractivity contribution is 0.350. The zero-order valence-corrected chi connectivity index (χ0v) is 16.1. The predicted octanol–water partition coefficient (Wildman–Crippen LogP) is 3.17. The number of oxazole rings is 1. The number of sulfonamides is 1. The van der Waals surface area contributed by atoms with Crippen molar-refractivity contribution in [3.8, 4) is 5.75 Å². The van der Waals surface area contributed by atoms with Crippen LogP contribution in [-0.4, -0.2) is 31.4 Å². The molecule has 3 rings (SSSR count). The van der Waals surface area contributed by atoms with E-state index in [1.54, 1.807) is 12.1 Å². The molecule has 1 aliphatic heterocycles. The number of ether oxygens (including phenoxy) is 1. The van der Waals surface area contributed by atoms with E-state index in [-0.39, 0.29) is 17.4 Å².